The fourth-order valence-electron chi connectivity index (χ4n) is 2.49. The molecule has 0 amide bonds. The molecule has 0 aliphatic heterocycles. The van der Waals surface area contributed by atoms with Gasteiger partial charge in [-0.2, -0.15) is 0 Å². The summed E-state index contributed by atoms with van der Waals surface area (Å²) in [4.78, 5) is 10.7. The van der Waals surface area contributed by atoms with E-state index in [0.29, 0.717) is 12.0 Å². The number of hydrogen-bond donors (Lipinski definition) is 1. The Hall–Kier alpha value is -2.24. The molecule has 2 aromatic carbocycles. The van der Waals surface area contributed by atoms with E-state index >= 15 is 0 Å². The summed E-state index contributed by atoms with van der Waals surface area (Å²) >= 11 is 1.65. The Balaban J connectivity index is 1.93. The number of thiophene rings is 1. The number of para-hydroxylation sites is 1. The van der Waals surface area contributed by atoms with Crippen molar-refractivity contribution < 1.29 is 4.92 Å². The summed E-state index contributed by atoms with van der Waals surface area (Å²) < 4.78 is 1.19. The predicted molar refractivity (Wildman–Crippen MR) is 85.6 cm³/mol. The summed E-state index contributed by atoms with van der Waals surface area (Å²) in [6.45, 7) is 0. The van der Waals surface area contributed by atoms with Crippen LogP contribution in [0.1, 0.15) is 17.2 Å². The highest BCUT2D eigenvalue weighted by molar-refractivity contribution is 7.17. The van der Waals surface area contributed by atoms with E-state index in [0.717, 1.165) is 10.9 Å². The Kier molecular flexibility index (Phi) is 3.68. The van der Waals surface area contributed by atoms with Crippen LogP contribution < -0.4 is 5.73 Å². The number of nitro benzene ring substituents is 1. The predicted octanol–water partition coefficient (Wildman–Crippen LogP) is 4.05. The zero-order chi connectivity index (χ0) is 14.8. The van der Waals surface area contributed by atoms with Crippen LogP contribution in [0.15, 0.2) is 53.9 Å². The minimum atomic E-state index is -0.353. The summed E-state index contributed by atoms with van der Waals surface area (Å²) in [5.41, 5.74) is 8.14. The molecule has 0 saturated heterocycles. The standard InChI is InChI=1S/C16H14N2O2S/c17-14(9-11-5-1-3-7-15(11)18(19)20)13-10-21-16-8-4-2-6-12(13)16/h1-8,10,14H,9,17H2. The van der Waals surface area contributed by atoms with Crippen LogP contribution >= 0.6 is 11.3 Å². The van der Waals surface area contributed by atoms with Gasteiger partial charge in [0.05, 0.1) is 4.92 Å². The average Bonchev–Trinajstić information content (AvgIpc) is 2.91. The molecular formula is C16H14N2O2S. The molecule has 106 valence electrons. The smallest absolute Gasteiger partial charge is 0.272 e. The molecule has 0 fully saturated rings. The Morgan fingerprint density at radius 1 is 1.14 bits per heavy atom. The first-order chi connectivity index (χ1) is 10.2. The first-order valence-electron chi connectivity index (χ1n) is 6.61. The number of nitro groups is 1. The van der Waals surface area contributed by atoms with Crippen molar-refractivity contribution in [1.82, 2.24) is 0 Å². The van der Waals surface area contributed by atoms with E-state index < -0.39 is 0 Å². The van der Waals surface area contributed by atoms with Crippen LogP contribution in [0.25, 0.3) is 10.1 Å². The number of rotatable bonds is 4. The number of benzene rings is 2. The summed E-state index contributed by atoms with van der Waals surface area (Å²) in [7, 11) is 0. The lowest BCUT2D eigenvalue weighted by atomic mass is 9.98. The van der Waals surface area contributed by atoms with Crippen LogP contribution in [0.4, 0.5) is 5.69 Å². The average molecular weight is 298 g/mol. The van der Waals surface area contributed by atoms with Crippen molar-refractivity contribution in [1.29, 1.82) is 0 Å². The molecule has 0 aliphatic rings. The topological polar surface area (TPSA) is 69.2 Å². The highest BCUT2D eigenvalue weighted by Crippen LogP contribution is 2.32. The molecule has 3 aromatic rings. The highest BCUT2D eigenvalue weighted by Gasteiger charge is 2.18. The van der Waals surface area contributed by atoms with Crippen LogP contribution in [0.3, 0.4) is 0 Å². The summed E-state index contributed by atoms with van der Waals surface area (Å²) in [5.74, 6) is 0. The lowest BCUT2D eigenvalue weighted by Gasteiger charge is -2.11. The number of nitrogens with two attached hydrogens (primary N) is 1. The van der Waals surface area contributed by atoms with Crippen LogP contribution in [-0.2, 0) is 6.42 Å². The maximum Gasteiger partial charge on any atom is 0.272 e. The Morgan fingerprint density at radius 3 is 2.67 bits per heavy atom. The van der Waals surface area contributed by atoms with Gasteiger partial charge >= 0.3 is 0 Å². The Labute approximate surface area is 126 Å². The summed E-state index contributed by atoms with van der Waals surface area (Å²) in [6.07, 6.45) is 0.456. The van der Waals surface area contributed by atoms with Gasteiger partial charge < -0.3 is 5.73 Å². The molecule has 0 aliphatic carbocycles. The van der Waals surface area contributed by atoms with Crippen molar-refractivity contribution in [3.8, 4) is 0 Å². The first-order valence-corrected chi connectivity index (χ1v) is 7.49. The Morgan fingerprint density at radius 2 is 1.86 bits per heavy atom. The van der Waals surface area contributed by atoms with E-state index in [-0.39, 0.29) is 16.7 Å². The molecule has 0 saturated carbocycles. The second-order valence-corrected chi connectivity index (χ2v) is 5.79. The van der Waals surface area contributed by atoms with Crippen molar-refractivity contribution in [3.05, 3.63) is 75.2 Å². The second kappa shape index (κ2) is 5.63. The largest absolute Gasteiger partial charge is 0.324 e. The highest BCUT2D eigenvalue weighted by atomic mass is 32.1. The van der Waals surface area contributed by atoms with E-state index in [1.54, 1.807) is 29.5 Å². The van der Waals surface area contributed by atoms with Crippen molar-refractivity contribution in [2.45, 2.75) is 12.5 Å². The maximum atomic E-state index is 11.1. The van der Waals surface area contributed by atoms with Crippen molar-refractivity contribution >= 4 is 27.1 Å². The van der Waals surface area contributed by atoms with Gasteiger partial charge in [-0.15, -0.1) is 11.3 Å². The summed E-state index contributed by atoms with van der Waals surface area (Å²) in [5, 5.41) is 14.2. The van der Waals surface area contributed by atoms with E-state index in [1.807, 2.05) is 23.6 Å². The monoisotopic (exact) mass is 298 g/mol. The maximum absolute atomic E-state index is 11.1. The zero-order valence-corrected chi connectivity index (χ0v) is 12.0. The third-order valence-electron chi connectivity index (χ3n) is 3.54. The van der Waals surface area contributed by atoms with E-state index in [2.05, 4.69) is 6.07 Å². The quantitative estimate of drug-likeness (QED) is 0.583. The van der Waals surface area contributed by atoms with Gasteiger partial charge in [0.2, 0.25) is 0 Å². The van der Waals surface area contributed by atoms with Gasteiger partial charge in [-0.25, -0.2) is 0 Å². The lowest BCUT2D eigenvalue weighted by Crippen LogP contribution is -2.13. The van der Waals surface area contributed by atoms with Crippen molar-refractivity contribution in [2.75, 3.05) is 0 Å². The lowest BCUT2D eigenvalue weighted by molar-refractivity contribution is -0.385. The minimum Gasteiger partial charge on any atom is -0.324 e. The normalized spacial score (nSPS) is 12.4. The number of hydrogen-bond acceptors (Lipinski definition) is 4. The van der Waals surface area contributed by atoms with Crippen LogP contribution in [0, 0.1) is 10.1 Å². The van der Waals surface area contributed by atoms with E-state index in [4.69, 9.17) is 5.73 Å². The molecule has 0 bridgehead atoms. The molecule has 1 unspecified atom stereocenters. The van der Waals surface area contributed by atoms with Crippen LogP contribution in [0.5, 0.6) is 0 Å². The number of fused-ring (bicyclic) bond motifs is 1. The van der Waals surface area contributed by atoms with Gasteiger partial charge in [-0.05, 0) is 28.8 Å². The van der Waals surface area contributed by atoms with Gasteiger partial charge in [-0.1, -0.05) is 36.4 Å². The molecule has 1 heterocycles. The van der Waals surface area contributed by atoms with Gasteiger partial charge in [0, 0.05) is 22.4 Å². The summed E-state index contributed by atoms with van der Waals surface area (Å²) in [6, 6.07) is 14.6. The van der Waals surface area contributed by atoms with Gasteiger partial charge in [0.15, 0.2) is 0 Å². The molecule has 1 aromatic heterocycles. The van der Waals surface area contributed by atoms with Crippen molar-refractivity contribution in [2.24, 2.45) is 5.73 Å². The fraction of sp³-hybridized carbons (Fsp3) is 0.125. The first kappa shape index (κ1) is 13.7. The molecule has 3 rings (SSSR count). The van der Waals surface area contributed by atoms with Gasteiger partial charge in [0.25, 0.3) is 5.69 Å². The fourth-order valence-corrected chi connectivity index (χ4v) is 3.52. The van der Waals surface area contributed by atoms with Gasteiger partial charge in [0.1, 0.15) is 0 Å². The number of nitrogens with zero attached hydrogens (tertiary/aromatic N) is 1. The van der Waals surface area contributed by atoms with Crippen LogP contribution in [-0.4, -0.2) is 4.92 Å². The molecular weight excluding hydrogens is 284 g/mol. The van der Waals surface area contributed by atoms with E-state index in [1.165, 1.54) is 10.8 Å². The molecule has 4 nitrogen and oxygen atoms in total. The SMILES string of the molecule is NC(Cc1ccccc1[N+](=O)[O-])c1csc2ccccc12. The molecule has 0 spiro atoms. The zero-order valence-electron chi connectivity index (χ0n) is 11.2. The van der Waals surface area contributed by atoms with Crippen LogP contribution in [0.2, 0.25) is 0 Å². The molecule has 5 heteroatoms. The molecule has 21 heavy (non-hydrogen) atoms. The molecule has 1 atom stereocenters. The second-order valence-electron chi connectivity index (χ2n) is 4.88. The minimum absolute atomic E-state index is 0.132. The molecule has 2 N–H and O–H groups in total. The van der Waals surface area contributed by atoms with E-state index in [9.17, 15) is 10.1 Å². The van der Waals surface area contributed by atoms with Crippen molar-refractivity contribution in [3.63, 3.8) is 0 Å². The third kappa shape index (κ3) is 2.66. The Bertz CT molecular complexity index is 798. The third-order valence-corrected chi connectivity index (χ3v) is 4.52. The molecule has 0 radical (unpaired) electrons. The van der Waals surface area contributed by atoms with Gasteiger partial charge in [-0.3, -0.25) is 10.1 Å².